The third-order valence-electron chi connectivity index (χ3n) is 4.82. The minimum absolute atomic E-state index is 0.0309. The average Bonchev–Trinajstić information content (AvgIpc) is 2.63. The van der Waals surface area contributed by atoms with Gasteiger partial charge < -0.3 is 10.2 Å². The first-order valence-electron chi connectivity index (χ1n) is 9.09. The van der Waals surface area contributed by atoms with Gasteiger partial charge in [0, 0.05) is 35.5 Å². The van der Waals surface area contributed by atoms with Crippen molar-refractivity contribution >= 4 is 23.6 Å². The molecule has 0 aromatic heterocycles. The van der Waals surface area contributed by atoms with E-state index in [2.05, 4.69) is 5.32 Å². The molecule has 7 heteroatoms. The topological polar surface area (TPSA) is 49.4 Å². The Morgan fingerprint density at radius 1 is 1.15 bits per heavy atom. The highest BCUT2D eigenvalue weighted by Gasteiger charge is 2.27. The van der Waals surface area contributed by atoms with E-state index in [1.807, 2.05) is 18.7 Å². The quantitative estimate of drug-likeness (QED) is 0.718. The maximum absolute atomic E-state index is 12.4. The number of nitrogens with zero attached hydrogens (tertiary/aromatic N) is 1. The molecule has 1 aromatic rings. The largest absolute Gasteiger partial charge is 0.349 e. The van der Waals surface area contributed by atoms with Gasteiger partial charge in [-0.15, -0.1) is 0 Å². The monoisotopic (exact) mass is 384 g/mol. The minimum Gasteiger partial charge on any atom is -0.349 e. The van der Waals surface area contributed by atoms with Crippen molar-refractivity contribution < 1.29 is 18.4 Å². The van der Waals surface area contributed by atoms with Crippen LogP contribution in [0.25, 0.3) is 0 Å². The van der Waals surface area contributed by atoms with Crippen molar-refractivity contribution in [1.82, 2.24) is 10.2 Å². The molecule has 0 spiro atoms. The van der Waals surface area contributed by atoms with Crippen molar-refractivity contribution in [2.24, 2.45) is 5.92 Å². The first-order chi connectivity index (χ1) is 12.4. The Morgan fingerprint density at radius 2 is 1.73 bits per heavy atom. The van der Waals surface area contributed by atoms with Gasteiger partial charge in [0.2, 0.25) is 5.91 Å². The summed E-state index contributed by atoms with van der Waals surface area (Å²) < 4.78 is 24.7. The Balaban J connectivity index is 1.83. The van der Waals surface area contributed by atoms with E-state index in [0.717, 1.165) is 25.7 Å². The molecule has 2 amide bonds. The second-order valence-corrected chi connectivity index (χ2v) is 7.55. The summed E-state index contributed by atoms with van der Waals surface area (Å²) in [4.78, 5) is 27.1. The molecule has 1 fully saturated rings. The highest BCUT2D eigenvalue weighted by atomic mass is 32.2. The first-order valence-corrected chi connectivity index (χ1v) is 9.97. The maximum Gasteiger partial charge on any atom is 0.288 e. The zero-order valence-electron chi connectivity index (χ0n) is 15.2. The van der Waals surface area contributed by atoms with Gasteiger partial charge in [0.05, 0.1) is 0 Å². The van der Waals surface area contributed by atoms with E-state index in [-0.39, 0.29) is 23.8 Å². The van der Waals surface area contributed by atoms with Crippen molar-refractivity contribution in [2.45, 2.75) is 56.2 Å². The van der Waals surface area contributed by atoms with Crippen molar-refractivity contribution in [2.75, 3.05) is 13.1 Å². The predicted molar refractivity (Wildman–Crippen MR) is 99.4 cm³/mol. The van der Waals surface area contributed by atoms with E-state index in [1.54, 1.807) is 12.1 Å². The molecule has 0 atom stereocenters. The van der Waals surface area contributed by atoms with Crippen LogP contribution in [0.5, 0.6) is 0 Å². The molecule has 2 rings (SSSR count). The van der Waals surface area contributed by atoms with Gasteiger partial charge in [-0.05, 0) is 49.9 Å². The summed E-state index contributed by atoms with van der Waals surface area (Å²) in [6, 6.07) is 6.21. The lowest BCUT2D eigenvalue weighted by Gasteiger charge is -2.34. The number of rotatable bonds is 7. The fourth-order valence-electron chi connectivity index (χ4n) is 3.20. The van der Waals surface area contributed by atoms with Gasteiger partial charge in [0.1, 0.15) is 0 Å². The van der Waals surface area contributed by atoms with Gasteiger partial charge in [-0.3, -0.25) is 9.59 Å². The van der Waals surface area contributed by atoms with Crippen LogP contribution in [0.2, 0.25) is 0 Å². The number of benzene rings is 1. The Labute approximate surface area is 157 Å². The van der Waals surface area contributed by atoms with Gasteiger partial charge in [-0.1, -0.05) is 25.6 Å². The number of carbonyl (C=O) groups is 2. The highest BCUT2D eigenvalue weighted by Crippen LogP contribution is 2.25. The number of likely N-dealkylation sites (tertiary alicyclic amines) is 1. The number of hydrogen-bond donors (Lipinski definition) is 1. The summed E-state index contributed by atoms with van der Waals surface area (Å²) in [5.41, 5.74) is 0.458. The van der Waals surface area contributed by atoms with E-state index in [4.69, 9.17) is 0 Å². The van der Waals surface area contributed by atoms with E-state index in [9.17, 15) is 18.4 Å². The Bertz CT molecular complexity index is 598. The van der Waals surface area contributed by atoms with Crippen LogP contribution >= 0.6 is 11.8 Å². The molecule has 0 bridgehead atoms. The zero-order valence-corrected chi connectivity index (χ0v) is 16.0. The van der Waals surface area contributed by atoms with Gasteiger partial charge in [-0.2, -0.15) is 8.78 Å². The van der Waals surface area contributed by atoms with E-state index in [1.165, 1.54) is 12.1 Å². The summed E-state index contributed by atoms with van der Waals surface area (Å²) >= 11 is 0.461. The minimum atomic E-state index is -2.47. The van der Waals surface area contributed by atoms with Crippen LogP contribution in [0, 0.1) is 5.92 Å². The summed E-state index contributed by atoms with van der Waals surface area (Å²) in [6.45, 7) is 5.38. The van der Waals surface area contributed by atoms with Gasteiger partial charge >= 0.3 is 0 Å². The molecular weight excluding hydrogens is 358 g/mol. The van der Waals surface area contributed by atoms with Crippen molar-refractivity contribution in [3.05, 3.63) is 29.8 Å². The van der Waals surface area contributed by atoms with Crippen LogP contribution in [0.4, 0.5) is 8.78 Å². The second-order valence-electron chi connectivity index (χ2n) is 6.49. The van der Waals surface area contributed by atoms with E-state index < -0.39 is 5.76 Å². The predicted octanol–water partition coefficient (Wildman–Crippen LogP) is 4.16. The molecule has 1 N–H and O–H groups in total. The number of halogens is 2. The molecule has 144 valence electrons. The second kappa shape index (κ2) is 9.90. The molecule has 0 saturated carbocycles. The maximum atomic E-state index is 12.4. The average molecular weight is 384 g/mol. The Kier molecular flexibility index (Phi) is 7.87. The lowest BCUT2D eigenvalue weighted by molar-refractivity contribution is -0.136. The third-order valence-corrected chi connectivity index (χ3v) is 5.54. The summed E-state index contributed by atoms with van der Waals surface area (Å²) in [7, 11) is 0. The van der Waals surface area contributed by atoms with Crippen LogP contribution in [0.3, 0.4) is 0 Å². The van der Waals surface area contributed by atoms with Crippen LogP contribution in [-0.4, -0.2) is 41.6 Å². The molecule has 1 heterocycles. The number of carbonyl (C=O) groups excluding carboxylic acids is 2. The number of nitrogens with one attached hydrogen (secondary N) is 1. The number of amides is 2. The number of alkyl halides is 2. The fourth-order valence-corrected chi connectivity index (χ4v) is 3.70. The van der Waals surface area contributed by atoms with Gasteiger partial charge in [-0.25, -0.2) is 0 Å². The first kappa shape index (κ1) is 20.7. The van der Waals surface area contributed by atoms with E-state index >= 15 is 0 Å². The molecule has 4 nitrogen and oxygen atoms in total. The molecule has 0 unspecified atom stereocenters. The van der Waals surface area contributed by atoms with Crippen molar-refractivity contribution in [3.8, 4) is 0 Å². The molecule has 1 aliphatic heterocycles. The third kappa shape index (κ3) is 5.69. The molecule has 0 radical (unpaired) electrons. The van der Waals surface area contributed by atoms with Gasteiger partial charge in [0.15, 0.2) is 0 Å². The van der Waals surface area contributed by atoms with Crippen molar-refractivity contribution in [1.29, 1.82) is 0 Å². The summed E-state index contributed by atoms with van der Waals surface area (Å²) in [5.74, 6) is -2.37. The Hall–Kier alpha value is -1.63. The summed E-state index contributed by atoms with van der Waals surface area (Å²) in [5, 5.41) is 2.98. The zero-order chi connectivity index (χ0) is 19.1. The molecule has 1 aliphatic rings. The normalized spacial score (nSPS) is 15.5. The van der Waals surface area contributed by atoms with Crippen LogP contribution in [0.15, 0.2) is 29.2 Å². The van der Waals surface area contributed by atoms with Gasteiger partial charge in [0.25, 0.3) is 11.7 Å². The molecule has 26 heavy (non-hydrogen) atoms. The number of piperidine rings is 1. The molecule has 0 aliphatic carbocycles. The SMILES string of the molecule is CCC(CC)C(=O)N1CCC(NC(=O)c2ccc(SC(F)F)cc2)CC1. The molecular formula is C19H26F2N2O2S. The van der Waals surface area contributed by atoms with Crippen LogP contribution < -0.4 is 5.32 Å². The molecule has 1 saturated heterocycles. The molecule has 1 aromatic carbocycles. The lowest BCUT2D eigenvalue weighted by atomic mass is 9.98. The van der Waals surface area contributed by atoms with Crippen molar-refractivity contribution in [3.63, 3.8) is 0 Å². The number of thioether (sulfide) groups is 1. The smallest absolute Gasteiger partial charge is 0.288 e. The van der Waals surface area contributed by atoms with Crippen LogP contribution in [0.1, 0.15) is 49.9 Å². The Morgan fingerprint density at radius 3 is 2.23 bits per heavy atom. The lowest BCUT2D eigenvalue weighted by Crippen LogP contribution is -2.48. The standard InChI is InChI=1S/C19H26F2N2O2S/c1-3-13(4-2)18(25)23-11-9-15(10-12-23)22-17(24)14-5-7-16(8-6-14)26-19(20)21/h5-8,13,15,19H,3-4,9-12H2,1-2H3,(H,22,24). The fraction of sp³-hybridized carbons (Fsp3) is 0.579. The number of hydrogen-bond acceptors (Lipinski definition) is 3. The summed E-state index contributed by atoms with van der Waals surface area (Å²) in [6.07, 6.45) is 3.17. The van der Waals surface area contributed by atoms with E-state index in [0.29, 0.717) is 35.3 Å². The van der Waals surface area contributed by atoms with Crippen LogP contribution in [-0.2, 0) is 4.79 Å². The highest BCUT2D eigenvalue weighted by molar-refractivity contribution is 7.99.